The third kappa shape index (κ3) is 7.01. The van der Waals surface area contributed by atoms with E-state index in [0.717, 1.165) is 50.6 Å². The van der Waals surface area contributed by atoms with Crippen molar-refractivity contribution in [3.05, 3.63) is 121 Å². The average molecular weight is 705 g/mol. The molecule has 2 fully saturated rings. The first kappa shape index (κ1) is 37.0. The predicted molar refractivity (Wildman–Crippen MR) is 216 cm³/mol. The molecule has 5 heteroatoms. The lowest BCUT2D eigenvalue weighted by Crippen LogP contribution is -2.69. The van der Waals surface area contributed by atoms with Crippen LogP contribution in [0.25, 0.3) is 0 Å². The van der Waals surface area contributed by atoms with E-state index < -0.39 is 16.1 Å². The van der Waals surface area contributed by atoms with Crippen molar-refractivity contribution >= 4 is 36.9 Å². The summed E-state index contributed by atoms with van der Waals surface area (Å²) in [5.74, 6) is 0. The molecule has 50 heavy (non-hydrogen) atoms. The Morgan fingerprint density at radius 2 is 1.04 bits per heavy atom. The topological polar surface area (TPSA) is 38.7 Å². The van der Waals surface area contributed by atoms with E-state index in [0.29, 0.717) is 0 Å². The lowest BCUT2D eigenvalue weighted by Gasteiger charge is -2.52. The number of fused-ring (bicyclic) bond motifs is 1. The highest BCUT2D eigenvalue weighted by molar-refractivity contribution is 7.05. The highest BCUT2D eigenvalue weighted by atomic mass is 28.3. The number of ether oxygens (including phenoxy) is 2. The normalized spacial score (nSPS) is 23.1. The average Bonchev–Trinajstić information content (AvgIpc) is 3.48. The molecular formula is C45H60O3Si2. The van der Waals surface area contributed by atoms with Crippen molar-refractivity contribution in [3.8, 4) is 0 Å². The molecular weight excluding hydrogens is 645 g/mol. The quantitative estimate of drug-likeness (QED) is 0.151. The van der Waals surface area contributed by atoms with Crippen LogP contribution >= 0.6 is 0 Å². The van der Waals surface area contributed by atoms with Gasteiger partial charge in [0.05, 0.1) is 23.9 Å². The summed E-state index contributed by atoms with van der Waals surface area (Å²) in [5, 5.41) is 15.9. The van der Waals surface area contributed by atoms with Gasteiger partial charge in [0.25, 0.3) is 0 Å². The van der Waals surface area contributed by atoms with Gasteiger partial charge in [0.15, 0.2) is 0 Å². The fraction of sp³-hybridized carbons (Fsp3) is 0.467. The lowest BCUT2D eigenvalue weighted by atomic mass is 9.87. The summed E-state index contributed by atoms with van der Waals surface area (Å²) in [6.45, 7) is 15.0. The third-order valence-electron chi connectivity index (χ3n) is 12.4. The van der Waals surface area contributed by atoms with Crippen LogP contribution in [0.1, 0.15) is 80.1 Å². The molecule has 0 spiro atoms. The second kappa shape index (κ2) is 15.0. The molecule has 0 unspecified atom stereocenters. The Balaban J connectivity index is 1.42. The molecule has 6 rings (SSSR count). The monoisotopic (exact) mass is 704 g/mol. The Bertz CT molecular complexity index is 1550. The highest BCUT2D eigenvalue weighted by Gasteiger charge is 2.60. The van der Waals surface area contributed by atoms with Gasteiger partial charge in [-0.05, 0) is 54.3 Å². The van der Waals surface area contributed by atoms with Gasteiger partial charge in [0.2, 0.25) is 0 Å². The van der Waals surface area contributed by atoms with E-state index in [9.17, 15) is 5.11 Å². The minimum absolute atomic E-state index is 0.0312. The van der Waals surface area contributed by atoms with Crippen molar-refractivity contribution in [2.24, 2.45) is 0 Å². The lowest BCUT2D eigenvalue weighted by molar-refractivity contribution is -0.156. The fourth-order valence-electron chi connectivity index (χ4n) is 9.94. The van der Waals surface area contributed by atoms with Crippen LogP contribution < -0.4 is 20.7 Å². The van der Waals surface area contributed by atoms with Crippen LogP contribution in [0.15, 0.2) is 121 Å². The van der Waals surface area contributed by atoms with Crippen molar-refractivity contribution in [3.63, 3.8) is 0 Å². The van der Waals surface area contributed by atoms with Crippen LogP contribution in [0.5, 0.6) is 0 Å². The molecule has 2 aliphatic heterocycles. The van der Waals surface area contributed by atoms with E-state index in [1.54, 1.807) is 0 Å². The molecule has 0 bridgehead atoms. The van der Waals surface area contributed by atoms with Gasteiger partial charge >= 0.3 is 0 Å². The summed E-state index contributed by atoms with van der Waals surface area (Å²) in [6, 6.07) is 47.7. The van der Waals surface area contributed by atoms with E-state index in [1.165, 1.54) is 20.7 Å². The molecule has 0 aliphatic carbocycles. The molecule has 4 aromatic carbocycles. The maximum atomic E-state index is 9.81. The van der Waals surface area contributed by atoms with Crippen molar-refractivity contribution in [2.45, 2.75) is 126 Å². The number of hydrogen-bond acceptors (Lipinski definition) is 3. The smallest absolute Gasteiger partial charge is 0.126 e. The Hall–Kier alpha value is -2.81. The molecule has 0 aromatic heterocycles. The molecule has 2 heterocycles. The molecule has 4 atom stereocenters. The van der Waals surface area contributed by atoms with Crippen LogP contribution in [0.3, 0.4) is 0 Å². The van der Waals surface area contributed by atoms with E-state index in [-0.39, 0.29) is 40.6 Å². The van der Waals surface area contributed by atoms with Gasteiger partial charge in [0, 0.05) is 13.0 Å². The van der Waals surface area contributed by atoms with Crippen molar-refractivity contribution in [1.82, 2.24) is 0 Å². The Kier molecular flexibility index (Phi) is 11.1. The molecule has 4 aromatic rings. The first-order chi connectivity index (χ1) is 24.0. The van der Waals surface area contributed by atoms with Gasteiger partial charge in [-0.2, -0.15) is 0 Å². The SMILES string of the molecule is CC(C)(C)[Si](CC[C@H]1CC[C@@H]2O[C@@H](CCCO)C[C@]2(C[Si](c2ccccc2)(c2ccccc2)C(C)(C)C)O1)(c1ccccc1)c1ccccc1. The molecule has 0 saturated carbocycles. The molecule has 1 N–H and O–H groups in total. The minimum Gasteiger partial charge on any atom is -0.396 e. The Labute approximate surface area is 304 Å². The fourth-order valence-corrected chi connectivity index (χ4v) is 21.5. The standard InChI is InChI=1S/C45H60O3Si2/c1-43(2,3)49(38-21-11-7-12-22-38,39-23-13-8-14-24-39)33-31-36-29-30-42-45(48-36,34-37(47-42)20-19-32-46)35-50(44(4,5)6,40-25-15-9-16-26-40)41-27-17-10-18-28-41/h7-18,21-28,36-37,42,46H,19-20,29-35H2,1-6H3/t36-,37+,42+,45-/m1/s1. The Morgan fingerprint density at radius 3 is 1.46 bits per heavy atom. The van der Waals surface area contributed by atoms with Crippen LogP contribution in [0.2, 0.25) is 22.2 Å². The van der Waals surface area contributed by atoms with Crippen LogP contribution in [0.4, 0.5) is 0 Å². The number of hydrogen-bond donors (Lipinski definition) is 1. The zero-order valence-corrected chi connectivity index (χ0v) is 33.4. The van der Waals surface area contributed by atoms with Crippen LogP contribution in [-0.4, -0.2) is 51.8 Å². The number of aliphatic hydroxyl groups is 1. The van der Waals surface area contributed by atoms with Gasteiger partial charge in [-0.1, -0.05) is 184 Å². The van der Waals surface area contributed by atoms with Crippen molar-refractivity contribution in [2.75, 3.05) is 6.61 Å². The number of rotatable bonds is 12. The summed E-state index contributed by atoms with van der Waals surface area (Å²) in [6.07, 6.45) is 6.00. The van der Waals surface area contributed by atoms with Crippen LogP contribution in [0, 0.1) is 0 Å². The Morgan fingerprint density at radius 1 is 0.600 bits per heavy atom. The molecule has 0 radical (unpaired) electrons. The zero-order valence-electron chi connectivity index (χ0n) is 31.4. The highest BCUT2D eigenvalue weighted by Crippen LogP contribution is 2.52. The first-order valence-corrected chi connectivity index (χ1v) is 23.5. The van der Waals surface area contributed by atoms with Gasteiger partial charge in [-0.3, -0.25) is 0 Å². The summed E-state index contributed by atoms with van der Waals surface area (Å²) in [5.41, 5.74) is -0.375. The second-order valence-electron chi connectivity index (χ2n) is 17.2. The van der Waals surface area contributed by atoms with Gasteiger partial charge in [-0.25, -0.2) is 0 Å². The molecule has 2 saturated heterocycles. The molecule has 3 nitrogen and oxygen atoms in total. The van der Waals surface area contributed by atoms with E-state index >= 15 is 0 Å². The maximum absolute atomic E-state index is 9.81. The van der Waals surface area contributed by atoms with Crippen molar-refractivity contribution < 1.29 is 14.6 Å². The summed E-state index contributed by atoms with van der Waals surface area (Å²) >= 11 is 0. The largest absolute Gasteiger partial charge is 0.396 e. The first-order valence-electron chi connectivity index (χ1n) is 19.1. The minimum atomic E-state index is -2.46. The number of aliphatic hydroxyl groups excluding tert-OH is 1. The maximum Gasteiger partial charge on any atom is 0.126 e. The van der Waals surface area contributed by atoms with Gasteiger partial charge in [0.1, 0.15) is 16.1 Å². The summed E-state index contributed by atoms with van der Waals surface area (Å²) in [7, 11) is -4.70. The predicted octanol–water partition coefficient (Wildman–Crippen LogP) is 8.35. The summed E-state index contributed by atoms with van der Waals surface area (Å²) < 4.78 is 14.7. The number of benzene rings is 4. The summed E-state index contributed by atoms with van der Waals surface area (Å²) in [4.78, 5) is 0. The van der Waals surface area contributed by atoms with E-state index in [4.69, 9.17) is 9.47 Å². The van der Waals surface area contributed by atoms with Crippen LogP contribution in [-0.2, 0) is 9.47 Å². The van der Waals surface area contributed by atoms with E-state index in [1.807, 2.05) is 0 Å². The third-order valence-corrected chi connectivity index (χ3v) is 25.0. The van der Waals surface area contributed by atoms with Crippen molar-refractivity contribution in [1.29, 1.82) is 0 Å². The van der Waals surface area contributed by atoms with Gasteiger partial charge in [-0.15, -0.1) is 0 Å². The second-order valence-corrected chi connectivity index (χ2v) is 27.0. The molecule has 2 aliphatic rings. The van der Waals surface area contributed by atoms with Gasteiger partial charge < -0.3 is 14.6 Å². The zero-order chi connectivity index (χ0) is 35.5. The van der Waals surface area contributed by atoms with E-state index in [2.05, 4.69) is 163 Å². The molecule has 0 amide bonds. The molecule has 266 valence electrons.